The van der Waals surface area contributed by atoms with E-state index in [2.05, 4.69) is 57.8 Å². The van der Waals surface area contributed by atoms with Crippen molar-refractivity contribution in [2.75, 3.05) is 19.6 Å². The van der Waals surface area contributed by atoms with E-state index in [4.69, 9.17) is 0 Å². The molecule has 4 heteroatoms. The molecule has 4 heterocycles. The Morgan fingerprint density at radius 3 is 2.72 bits per heavy atom. The van der Waals surface area contributed by atoms with Gasteiger partial charge in [0.05, 0.1) is 12.2 Å². The Kier molecular flexibility index (Phi) is 4.45. The second-order valence-corrected chi connectivity index (χ2v) is 9.50. The van der Waals surface area contributed by atoms with E-state index in [1.165, 1.54) is 22.2 Å². The Morgan fingerprint density at radius 1 is 1.06 bits per heavy atom. The highest BCUT2D eigenvalue weighted by molar-refractivity contribution is 5.88. The quantitative estimate of drug-likeness (QED) is 0.610. The number of carbonyl (C=O) groups is 1. The molecule has 1 spiro atoms. The van der Waals surface area contributed by atoms with Crippen LogP contribution in [0, 0.1) is 17.3 Å². The van der Waals surface area contributed by atoms with Crippen LogP contribution in [0.1, 0.15) is 49.4 Å². The number of rotatable bonds is 2. The van der Waals surface area contributed by atoms with Gasteiger partial charge in [-0.25, -0.2) is 0 Å². The summed E-state index contributed by atoms with van der Waals surface area (Å²) in [6, 6.07) is 18.7. The van der Waals surface area contributed by atoms with E-state index in [9.17, 15) is 4.79 Å². The van der Waals surface area contributed by atoms with Gasteiger partial charge < -0.3 is 9.88 Å². The summed E-state index contributed by atoms with van der Waals surface area (Å²) in [4.78, 5) is 22.2. The summed E-state index contributed by atoms with van der Waals surface area (Å²) in [6.45, 7) is 4.76. The Balaban J connectivity index is 1.54. The fourth-order valence-corrected chi connectivity index (χ4v) is 6.84. The molecule has 162 valence electrons. The third-order valence-corrected chi connectivity index (χ3v) is 8.18. The van der Waals surface area contributed by atoms with Gasteiger partial charge in [0, 0.05) is 41.4 Å². The SMILES string of the molecule is CC[C@@]12CCCN3CCc4c([nH]c5ccccc45)[C@]31N(CC#Cc1ccccc1)C(=O)C2. The van der Waals surface area contributed by atoms with Crippen LogP contribution in [-0.2, 0) is 16.9 Å². The molecule has 2 atom stereocenters. The van der Waals surface area contributed by atoms with E-state index < -0.39 is 5.66 Å². The summed E-state index contributed by atoms with van der Waals surface area (Å²) in [5.74, 6) is 6.89. The molecule has 3 aliphatic heterocycles. The van der Waals surface area contributed by atoms with Crippen LogP contribution in [0.4, 0.5) is 0 Å². The topological polar surface area (TPSA) is 39.3 Å². The van der Waals surface area contributed by atoms with Gasteiger partial charge in [-0.1, -0.05) is 55.2 Å². The molecule has 0 saturated carbocycles. The van der Waals surface area contributed by atoms with Crippen LogP contribution in [0.3, 0.4) is 0 Å². The van der Waals surface area contributed by atoms with Gasteiger partial charge in [-0.3, -0.25) is 9.69 Å². The van der Waals surface area contributed by atoms with Crippen LogP contribution >= 0.6 is 0 Å². The smallest absolute Gasteiger partial charge is 0.225 e. The van der Waals surface area contributed by atoms with Gasteiger partial charge >= 0.3 is 0 Å². The number of hydrogen-bond donors (Lipinski definition) is 1. The summed E-state index contributed by atoms with van der Waals surface area (Å²) < 4.78 is 0. The monoisotopic (exact) mass is 423 g/mol. The summed E-state index contributed by atoms with van der Waals surface area (Å²) in [6.07, 6.45) is 4.87. The number of aromatic nitrogens is 1. The van der Waals surface area contributed by atoms with Crippen LogP contribution in [0.5, 0.6) is 0 Å². The highest BCUT2D eigenvalue weighted by Gasteiger charge is 2.68. The molecule has 3 aromatic rings. The fraction of sp³-hybridized carbons (Fsp3) is 0.393. The number of fused-ring (bicyclic) bond motifs is 3. The van der Waals surface area contributed by atoms with E-state index in [-0.39, 0.29) is 11.3 Å². The maximum absolute atomic E-state index is 13.6. The van der Waals surface area contributed by atoms with Gasteiger partial charge in [0.15, 0.2) is 0 Å². The van der Waals surface area contributed by atoms with Gasteiger partial charge in [0.2, 0.25) is 5.91 Å². The van der Waals surface area contributed by atoms with Crippen molar-refractivity contribution in [3.05, 3.63) is 71.4 Å². The lowest BCUT2D eigenvalue weighted by molar-refractivity contribution is -0.159. The molecule has 6 rings (SSSR count). The molecule has 0 aliphatic carbocycles. The lowest BCUT2D eigenvalue weighted by Gasteiger charge is -2.59. The van der Waals surface area contributed by atoms with Crippen LogP contribution < -0.4 is 0 Å². The lowest BCUT2D eigenvalue weighted by atomic mass is 9.63. The second kappa shape index (κ2) is 7.25. The molecule has 4 nitrogen and oxygen atoms in total. The summed E-state index contributed by atoms with van der Waals surface area (Å²) >= 11 is 0. The number of nitrogens with one attached hydrogen (secondary N) is 1. The highest BCUT2D eigenvalue weighted by Crippen LogP contribution is 2.62. The summed E-state index contributed by atoms with van der Waals surface area (Å²) in [5, 5.41) is 1.31. The number of carbonyl (C=O) groups excluding carboxylic acids is 1. The Labute approximate surface area is 189 Å². The number of para-hydroxylation sites is 1. The Morgan fingerprint density at radius 2 is 1.88 bits per heavy atom. The number of piperidine rings is 1. The van der Waals surface area contributed by atoms with Crippen molar-refractivity contribution in [3.63, 3.8) is 0 Å². The first kappa shape index (κ1) is 19.6. The van der Waals surface area contributed by atoms with Crippen LogP contribution in [0.25, 0.3) is 10.9 Å². The van der Waals surface area contributed by atoms with E-state index in [0.29, 0.717) is 13.0 Å². The maximum atomic E-state index is 13.6. The number of amides is 1. The number of benzene rings is 2. The fourth-order valence-electron chi connectivity index (χ4n) is 6.84. The van der Waals surface area contributed by atoms with Crippen molar-refractivity contribution in [2.45, 2.75) is 44.7 Å². The van der Waals surface area contributed by atoms with Crippen LogP contribution in [0.15, 0.2) is 54.6 Å². The third-order valence-electron chi connectivity index (χ3n) is 8.18. The number of nitrogens with zero attached hydrogens (tertiary/aromatic N) is 2. The van der Waals surface area contributed by atoms with Gasteiger partial charge in [-0.15, -0.1) is 0 Å². The lowest BCUT2D eigenvalue weighted by Crippen LogP contribution is -2.67. The van der Waals surface area contributed by atoms with E-state index in [1.807, 2.05) is 30.3 Å². The predicted octanol–water partition coefficient (Wildman–Crippen LogP) is 4.65. The molecule has 1 amide bonds. The van der Waals surface area contributed by atoms with Gasteiger partial charge in [-0.2, -0.15) is 0 Å². The first-order chi connectivity index (χ1) is 15.7. The average Bonchev–Trinajstić information content (AvgIpc) is 3.33. The molecule has 3 aliphatic rings. The molecule has 2 aromatic carbocycles. The van der Waals surface area contributed by atoms with Crippen molar-refractivity contribution < 1.29 is 4.79 Å². The van der Waals surface area contributed by atoms with E-state index in [0.717, 1.165) is 44.3 Å². The molecule has 0 unspecified atom stereocenters. The molecular weight excluding hydrogens is 394 g/mol. The molecule has 1 N–H and O–H groups in total. The first-order valence-electron chi connectivity index (χ1n) is 11.9. The van der Waals surface area contributed by atoms with Crippen LogP contribution in [-0.4, -0.2) is 40.3 Å². The summed E-state index contributed by atoms with van der Waals surface area (Å²) in [7, 11) is 0. The van der Waals surface area contributed by atoms with Gasteiger partial charge in [-0.05, 0) is 49.4 Å². The molecule has 1 aromatic heterocycles. The first-order valence-corrected chi connectivity index (χ1v) is 11.9. The molecular formula is C28H29N3O. The number of aromatic amines is 1. The van der Waals surface area contributed by atoms with Crippen LogP contribution in [0.2, 0.25) is 0 Å². The maximum Gasteiger partial charge on any atom is 0.225 e. The van der Waals surface area contributed by atoms with E-state index >= 15 is 0 Å². The normalized spacial score (nSPS) is 26.9. The predicted molar refractivity (Wildman–Crippen MR) is 127 cm³/mol. The summed E-state index contributed by atoms with van der Waals surface area (Å²) in [5.41, 5.74) is 4.32. The number of likely N-dealkylation sites (tertiary alicyclic amines) is 1. The van der Waals surface area contributed by atoms with Crippen molar-refractivity contribution >= 4 is 16.8 Å². The largest absolute Gasteiger partial charge is 0.355 e. The molecule has 0 bridgehead atoms. The molecule has 2 saturated heterocycles. The minimum atomic E-state index is -0.422. The number of hydrogen-bond acceptors (Lipinski definition) is 2. The Hall–Kier alpha value is -3.03. The van der Waals surface area contributed by atoms with Gasteiger partial charge in [0.1, 0.15) is 5.66 Å². The minimum Gasteiger partial charge on any atom is -0.355 e. The van der Waals surface area contributed by atoms with E-state index in [1.54, 1.807) is 0 Å². The Bertz CT molecular complexity index is 1250. The van der Waals surface area contributed by atoms with Crippen molar-refractivity contribution in [1.82, 2.24) is 14.8 Å². The third kappa shape index (κ3) is 2.52. The number of H-pyrrole nitrogens is 1. The zero-order chi connectivity index (χ0) is 21.8. The zero-order valence-electron chi connectivity index (χ0n) is 18.7. The van der Waals surface area contributed by atoms with Crippen molar-refractivity contribution in [2.24, 2.45) is 5.41 Å². The molecule has 0 radical (unpaired) electrons. The second-order valence-electron chi connectivity index (χ2n) is 9.50. The van der Waals surface area contributed by atoms with Gasteiger partial charge in [0.25, 0.3) is 0 Å². The average molecular weight is 424 g/mol. The zero-order valence-corrected chi connectivity index (χ0v) is 18.7. The van der Waals surface area contributed by atoms with Crippen molar-refractivity contribution in [3.8, 4) is 11.8 Å². The minimum absolute atomic E-state index is 0.0766. The molecule has 32 heavy (non-hydrogen) atoms. The standard InChI is InChI=1S/C28H29N3O/c1-2-27-16-9-17-30-19-15-23-22-13-6-7-14-24(22)29-26(23)28(27,30)31(25(32)20-27)18-8-12-21-10-4-3-5-11-21/h3-7,10-11,13-14,29H,2,9,15-20H2,1H3/t27-,28+/m0/s1. The van der Waals surface area contributed by atoms with Crippen molar-refractivity contribution in [1.29, 1.82) is 0 Å². The highest BCUT2D eigenvalue weighted by atomic mass is 16.2. The molecule has 2 fully saturated rings.